The number of benzene rings is 3. The first-order chi connectivity index (χ1) is 17.2. The maximum absolute atomic E-state index is 13.5. The maximum atomic E-state index is 13.5. The van der Waals surface area contributed by atoms with Crippen molar-refractivity contribution < 1.29 is 32.6 Å². The average molecular weight is 494 g/mol. The predicted molar refractivity (Wildman–Crippen MR) is 130 cm³/mol. The lowest BCUT2D eigenvalue weighted by Gasteiger charge is -2.17. The lowest BCUT2D eigenvalue weighted by Crippen LogP contribution is -2.39. The molecule has 0 aromatic heterocycles. The lowest BCUT2D eigenvalue weighted by atomic mass is 9.97. The molecule has 1 amide bonds. The molecular formula is C28H25F2NO5. The normalized spacial score (nSPS) is 11.2. The first-order valence-corrected chi connectivity index (χ1v) is 11.2. The van der Waals surface area contributed by atoms with Crippen molar-refractivity contribution in [3.05, 3.63) is 107 Å². The summed E-state index contributed by atoms with van der Waals surface area (Å²) in [6, 6.07) is 16.2. The molecule has 0 saturated heterocycles. The first-order valence-electron chi connectivity index (χ1n) is 11.2. The minimum Gasteiger partial charge on any atom is -0.429 e. The van der Waals surface area contributed by atoms with Gasteiger partial charge in [-0.3, -0.25) is 9.59 Å². The highest BCUT2D eigenvalue weighted by Gasteiger charge is 2.23. The summed E-state index contributed by atoms with van der Waals surface area (Å²) >= 11 is 0. The molecule has 6 nitrogen and oxygen atoms in total. The van der Waals surface area contributed by atoms with Gasteiger partial charge in [0.05, 0.1) is 5.56 Å². The average Bonchev–Trinajstić information content (AvgIpc) is 2.86. The van der Waals surface area contributed by atoms with Crippen molar-refractivity contribution in [2.75, 3.05) is 0 Å². The zero-order chi connectivity index (χ0) is 26.2. The van der Waals surface area contributed by atoms with Crippen LogP contribution in [0.5, 0.6) is 5.75 Å². The Hall–Kier alpha value is -4.33. The van der Waals surface area contributed by atoms with E-state index in [1.54, 1.807) is 26.0 Å². The van der Waals surface area contributed by atoms with Crippen LogP contribution < -0.4 is 10.1 Å². The van der Waals surface area contributed by atoms with Gasteiger partial charge in [-0.15, -0.1) is 0 Å². The van der Waals surface area contributed by atoms with E-state index in [4.69, 9.17) is 9.47 Å². The van der Waals surface area contributed by atoms with Crippen molar-refractivity contribution >= 4 is 23.4 Å². The second-order valence-electron chi connectivity index (χ2n) is 7.89. The molecule has 3 aromatic carbocycles. The molecule has 0 aliphatic rings. The van der Waals surface area contributed by atoms with Crippen LogP contribution in [0.3, 0.4) is 0 Å². The number of carbonyl (C=O) groups excluding carboxylic acids is 3. The number of ether oxygens (including phenoxy) is 2. The number of para-hydroxylation sites is 1. The second kappa shape index (κ2) is 11.9. The Labute approximate surface area is 207 Å². The molecule has 8 heteroatoms. The summed E-state index contributed by atoms with van der Waals surface area (Å²) in [7, 11) is 0. The largest absolute Gasteiger partial charge is 0.429 e. The van der Waals surface area contributed by atoms with E-state index >= 15 is 0 Å². The van der Waals surface area contributed by atoms with Crippen LogP contribution in [-0.2, 0) is 14.3 Å². The molecule has 3 aromatic rings. The minimum atomic E-state index is -1.06. The van der Waals surface area contributed by atoms with Gasteiger partial charge in [-0.25, -0.2) is 13.6 Å². The standard InChI is InChI=1S/C28H25F2NO5/c1-4-25(32)36-24-8-6-5-7-23(24)27(33)31-17(2)28(34)35-18(3)26(19-9-13-21(29)14-10-19)20-11-15-22(30)16-12-20/h5-17H,4H2,1-3H3,(H,31,33)/t17-/m0/s1. The monoisotopic (exact) mass is 493 g/mol. The molecule has 0 fully saturated rings. The topological polar surface area (TPSA) is 81.7 Å². The summed E-state index contributed by atoms with van der Waals surface area (Å²) in [5.41, 5.74) is 1.65. The van der Waals surface area contributed by atoms with Gasteiger partial charge in [0.25, 0.3) is 5.91 Å². The molecular weight excluding hydrogens is 468 g/mol. The molecule has 1 atom stereocenters. The molecule has 0 spiro atoms. The predicted octanol–water partition coefficient (Wildman–Crippen LogP) is 5.42. The summed E-state index contributed by atoms with van der Waals surface area (Å²) in [5.74, 6) is -2.51. The third-order valence-corrected chi connectivity index (χ3v) is 5.22. The van der Waals surface area contributed by atoms with Gasteiger partial charge < -0.3 is 14.8 Å². The molecule has 0 saturated carbocycles. The summed E-state index contributed by atoms with van der Waals surface area (Å²) in [4.78, 5) is 37.3. The van der Waals surface area contributed by atoms with E-state index in [1.165, 1.54) is 67.6 Å². The van der Waals surface area contributed by atoms with Crippen LogP contribution in [0.2, 0.25) is 0 Å². The number of amides is 1. The summed E-state index contributed by atoms with van der Waals surface area (Å²) in [5, 5.41) is 2.54. The quantitative estimate of drug-likeness (QED) is 0.257. The first kappa shape index (κ1) is 26.3. The molecule has 0 heterocycles. The molecule has 0 radical (unpaired) electrons. The zero-order valence-electron chi connectivity index (χ0n) is 20.0. The number of nitrogens with one attached hydrogen (secondary N) is 1. The van der Waals surface area contributed by atoms with E-state index < -0.39 is 35.5 Å². The number of hydrogen-bond acceptors (Lipinski definition) is 5. The number of esters is 2. The van der Waals surface area contributed by atoms with Gasteiger partial charge in [-0.05, 0) is 61.4 Å². The smallest absolute Gasteiger partial charge is 0.333 e. The lowest BCUT2D eigenvalue weighted by molar-refractivity contribution is -0.141. The number of carbonyl (C=O) groups is 3. The fourth-order valence-electron chi connectivity index (χ4n) is 3.37. The Kier molecular flexibility index (Phi) is 8.67. The van der Waals surface area contributed by atoms with Gasteiger partial charge >= 0.3 is 11.9 Å². The van der Waals surface area contributed by atoms with E-state index in [0.717, 1.165) is 0 Å². The molecule has 186 valence electrons. The van der Waals surface area contributed by atoms with Crippen molar-refractivity contribution in [2.45, 2.75) is 33.2 Å². The van der Waals surface area contributed by atoms with Gasteiger partial charge in [-0.1, -0.05) is 43.3 Å². The van der Waals surface area contributed by atoms with E-state index in [9.17, 15) is 23.2 Å². The highest BCUT2D eigenvalue weighted by atomic mass is 19.1. The molecule has 0 aliphatic carbocycles. The zero-order valence-corrected chi connectivity index (χ0v) is 20.0. The van der Waals surface area contributed by atoms with Crippen LogP contribution in [0, 0.1) is 11.6 Å². The van der Waals surface area contributed by atoms with Crippen molar-refractivity contribution in [1.82, 2.24) is 5.32 Å². The molecule has 0 aliphatic heterocycles. The van der Waals surface area contributed by atoms with Crippen molar-refractivity contribution in [1.29, 1.82) is 0 Å². The van der Waals surface area contributed by atoms with Crippen LogP contribution in [-0.4, -0.2) is 23.9 Å². The summed E-state index contributed by atoms with van der Waals surface area (Å²) in [6.45, 7) is 4.63. The summed E-state index contributed by atoms with van der Waals surface area (Å²) < 4.78 is 37.7. The summed E-state index contributed by atoms with van der Waals surface area (Å²) in [6.07, 6.45) is 0.134. The molecule has 1 N–H and O–H groups in total. The Bertz CT molecular complexity index is 1240. The molecule has 0 unspecified atom stereocenters. The van der Waals surface area contributed by atoms with Gasteiger partial charge in [0, 0.05) is 12.0 Å². The van der Waals surface area contributed by atoms with Gasteiger partial charge in [0.1, 0.15) is 29.2 Å². The Morgan fingerprint density at radius 3 is 1.92 bits per heavy atom. The van der Waals surface area contributed by atoms with E-state index in [0.29, 0.717) is 16.7 Å². The second-order valence-corrected chi connectivity index (χ2v) is 7.89. The van der Waals surface area contributed by atoms with Crippen LogP contribution in [0.4, 0.5) is 8.78 Å². The number of halogens is 2. The van der Waals surface area contributed by atoms with Crippen molar-refractivity contribution in [2.24, 2.45) is 0 Å². The van der Waals surface area contributed by atoms with Gasteiger partial charge in [0.2, 0.25) is 0 Å². The Morgan fingerprint density at radius 2 is 1.39 bits per heavy atom. The Balaban J connectivity index is 1.82. The molecule has 3 rings (SSSR count). The third-order valence-electron chi connectivity index (χ3n) is 5.22. The number of rotatable bonds is 8. The van der Waals surface area contributed by atoms with E-state index in [1.807, 2.05) is 0 Å². The SMILES string of the molecule is CCC(=O)Oc1ccccc1C(=O)N[C@@H](C)C(=O)OC(C)=C(c1ccc(F)cc1)c1ccc(F)cc1. The van der Waals surface area contributed by atoms with Crippen LogP contribution in [0.25, 0.3) is 5.57 Å². The van der Waals surface area contributed by atoms with Crippen molar-refractivity contribution in [3.63, 3.8) is 0 Å². The van der Waals surface area contributed by atoms with Crippen LogP contribution >= 0.6 is 0 Å². The van der Waals surface area contributed by atoms with E-state index in [2.05, 4.69) is 5.32 Å². The number of allylic oxidation sites excluding steroid dienone is 1. The van der Waals surface area contributed by atoms with Crippen LogP contribution in [0.15, 0.2) is 78.6 Å². The Morgan fingerprint density at radius 1 is 0.861 bits per heavy atom. The third kappa shape index (κ3) is 6.63. The molecule has 0 bridgehead atoms. The van der Waals surface area contributed by atoms with Crippen molar-refractivity contribution in [3.8, 4) is 5.75 Å². The highest BCUT2D eigenvalue weighted by molar-refractivity contribution is 5.99. The highest BCUT2D eigenvalue weighted by Crippen LogP contribution is 2.28. The van der Waals surface area contributed by atoms with Gasteiger partial charge in [-0.2, -0.15) is 0 Å². The fraction of sp³-hybridized carbons (Fsp3) is 0.179. The number of hydrogen-bond donors (Lipinski definition) is 1. The van der Waals surface area contributed by atoms with Crippen LogP contribution in [0.1, 0.15) is 48.7 Å². The maximum Gasteiger partial charge on any atom is 0.333 e. The van der Waals surface area contributed by atoms with E-state index in [-0.39, 0.29) is 23.5 Å². The fourth-order valence-corrected chi connectivity index (χ4v) is 3.37. The minimum absolute atomic E-state index is 0.0772. The van der Waals surface area contributed by atoms with Gasteiger partial charge in [0.15, 0.2) is 0 Å². The molecule has 36 heavy (non-hydrogen) atoms.